The number of hydrogen-bond donors (Lipinski definition) is 1. The van der Waals surface area contributed by atoms with E-state index in [1.807, 2.05) is 23.1 Å². The molecule has 3 heterocycles. The van der Waals surface area contributed by atoms with Gasteiger partial charge in [0.15, 0.2) is 15.0 Å². The van der Waals surface area contributed by atoms with Crippen molar-refractivity contribution >= 4 is 50.0 Å². The Bertz CT molecular complexity index is 1180. The summed E-state index contributed by atoms with van der Waals surface area (Å²) >= 11 is 7.80. The van der Waals surface area contributed by atoms with Gasteiger partial charge in [-0.05, 0) is 23.8 Å². The highest BCUT2D eigenvalue weighted by Crippen LogP contribution is 2.35. The highest BCUT2D eigenvalue weighted by molar-refractivity contribution is 8.15. The fourth-order valence-corrected chi connectivity index (χ4v) is 8.25. The Balaban J connectivity index is 1.21. The molecule has 0 saturated carbocycles. The van der Waals surface area contributed by atoms with Crippen LogP contribution in [0.5, 0.6) is 0 Å². The average Bonchev–Trinajstić information content (AvgIpc) is 3.28. The molecular weight excluding hydrogens is 480 g/mol. The lowest BCUT2D eigenvalue weighted by molar-refractivity contribution is 0.0628. The Morgan fingerprint density at radius 1 is 1.09 bits per heavy atom. The minimum Gasteiger partial charge on any atom is -0.336 e. The Labute approximate surface area is 203 Å². The lowest BCUT2D eigenvalue weighted by Crippen LogP contribution is -2.48. The number of nitrogens with one attached hydrogen (secondary N) is 1. The normalized spacial score (nSPS) is 24.4. The van der Waals surface area contributed by atoms with Crippen LogP contribution in [0.4, 0.5) is 5.69 Å². The zero-order valence-electron chi connectivity index (χ0n) is 18.0. The molecule has 3 aliphatic heterocycles. The molecule has 1 N–H and O–H groups in total. The van der Waals surface area contributed by atoms with E-state index in [9.17, 15) is 13.2 Å². The molecular formula is C23H25ClN4O3S2. The standard InChI is InChI=1S/C23H25ClN4O3S2/c24-18-7-6-17(12-19(18)25-23-26-20-14-33(30,31)15-21(20)32-23)22(29)28-10-8-27(9-11-28)13-16-4-2-1-3-5-16/h1-7,12,20-21H,8-11,13-15H2,(H,25,26)/t20-,21+/m0/s1. The minimum absolute atomic E-state index is 0.0157. The van der Waals surface area contributed by atoms with E-state index in [0.29, 0.717) is 34.5 Å². The molecule has 2 atom stereocenters. The number of benzene rings is 2. The number of thioether (sulfide) groups is 1. The van der Waals surface area contributed by atoms with Gasteiger partial charge in [-0.3, -0.25) is 14.7 Å². The number of amidine groups is 1. The summed E-state index contributed by atoms with van der Waals surface area (Å²) in [7, 11) is -3.00. The number of sulfone groups is 1. The van der Waals surface area contributed by atoms with Crippen molar-refractivity contribution in [2.45, 2.75) is 17.8 Å². The second kappa shape index (κ2) is 9.29. The third-order valence-electron chi connectivity index (χ3n) is 6.18. The minimum atomic E-state index is -3.00. The van der Waals surface area contributed by atoms with Gasteiger partial charge in [-0.1, -0.05) is 53.7 Å². The summed E-state index contributed by atoms with van der Waals surface area (Å²) in [6.45, 7) is 3.91. The molecule has 3 aliphatic rings. The van der Waals surface area contributed by atoms with Crippen LogP contribution in [0.1, 0.15) is 15.9 Å². The van der Waals surface area contributed by atoms with Crippen molar-refractivity contribution in [3.05, 3.63) is 64.7 Å². The van der Waals surface area contributed by atoms with Crippen LogP contribution in [-0.4, -0.2) is 78.3 Å². The summed E-state index contributed by atoms with van der Waals surface area (Å²) in [5.41, 5.74) is 2.46. The summed E-state index contributed by atoms with van der Waals surface area (Å²) in [5.74, 6) is 0.232. The molecule has 0 spiro atoms. The molecule has 33 heavy (non-hydrogen) atoms. The summed E-state index contributed by atoms with van der Waals surface area (Å²) in [4.78, 5) is 21.9. The van der Waals surface area contributed by atoms with Gasteiger partial charge in [0.05, 0.1) is 28.3 Å². The van der Waals surface area contributed by atoms with Crippen molar-refractivity contribution in [3.63, 3.8) is 0 Å². The van der Waals surface area contributed by atoms with Gasteiger partial charge in [-0.25, -0.2) is 8.42 Å². The van der Waals surface area contributed by atoms with Crippen LogP contribution in [-0.2, 0) is 16.4 Å². The van der Waals surface area contributed by atoms with Crippen LogP contribution in [0, 0.1) is 0 Å². The lowest BCUT2D eigenvalue weighted by atomic mass is 10.1. The van der Waals surface area contributed by atoms with Crippen molar-refractivity contribution in [1.29, 1.82) is 0 Å². The smallest absolute Gasteiger partial charge is 0.254 e. The van der Waals surface area contributed by atoms with Crippen LogP contribution in [0.2, 0.25) is 5.02 Å². The number of carbonyl (C=O) groups excluding carboxylic acids is 1. The Kier molecular flexibility index (Phi) is 6.39. The van der Waals surface area contributed by atoms with E-state index in [1.54, 1.807) is 18.2 Å². The number of fused-ring (bicyclic) bond motifs is 1. The summed E-state index contributed by atoms with van der Waals surface area (Å²) in [6.07, 6.45) is 0. The van der Waals surface area contributed by atoms with Gasteiger partial charge in [0.2, 0.25) is 0 Å². The van der Waals surface area contributed by atoms with E-state index in [-0.39, 0.29) is 28.7 Å². The van der Waals surface area contributed by atoms with E-state index < -0.39 is 9.84 Å². The number of hydrogen-bond acceptors (Lipinski definition) is 7. The van der Waals surface area contributed by atoms with E-state index in [1.165, 1.54) is 17.3 Å². The first-order chi connectivity index (χ1) is 15.9. The van der Waals surface area contributed by atoms with Crippen LogP contribution in [0.25, 0.3) is 0 Å². The van der Waals surface area contributed by atoms with E-state index >= 15 is 0 Å². The molecule has 7 nitrogen and oxygen atoms in total. The first kappa shape index (κ1) is 22.7. The van der Waals surface area contributed by atoms with E-state index in [2.05, 4.69) is 27.3 Å². The zero-order valence-corrected chi connectivity index (χ0v) is 20.4. The quantitative estimate of drug-likeness (QED) is 0.689. The predicted molar refractivity (Wildman–Crippen MR) is 134 cm³/mol. The van der Waals surface area contributed by atoms with Gasteiger partial charge >= 0.3 is 0 Å². The largest absolute Gasteiger partial charge is 0.336 e. The van der Waals surface area contributed by atoms with E-state index in [4.69, 9.17) is 11.6 Å². The van der Waals surface area contributed by atoms with Crippen LogP contribution in [0.15, 0.2) is 53.5 Å². The van der Waals surface area contributed by atoms with Gasteiger partial charge in [0.25, 0.3) is 5.91 Å². The molecule has 0 bridgehead atoms. The molecule has 2 aromatic rings. The number of rotatable bonds is 4. The molecule has 0 aromatic heterocycles. The van der Waals surface area contributed by atoms with Gasteiger partial charge in [-0.2, -0.15) is 0 Å². The van der Waals surface area contributed by atoms with Crippen molar-refractivity contribution in [2.75, 3.05) is 43.0 Å². The van der Waals surface area contributed by atoms with Gasteiger partial charge in [0, 0.05) is 43.5 Å². The summed E-state index contributed by atoms with van der Waals surface area (Å²) in [6, 6.07) is 15.4. The highest BCUT2D eigenvalue weighted by Gasteiger charge is 2.42. The topological polar surface area (TPSA) is 82.1 Å². The number of carbonyl (C=O) groups is 1. The predicted octanol–water partition coefficient (Wildman–Crippen LogP) is 2.98. The van der Waals surface area contributed by atoms with Gasteiger partial charge in [0.1, 0.15) is 0 Å². The third kappa shape index (κ3) is 5.21. The van der Waals surface area contributed by atoms with E-state index in [0.717, 1.165) is 19.6 Å². The Morgan fingerprint density at radius 2 is 1.85 bits per heavy atom. The van der Waals surface area contributed by atoms with Crippen molar-refractivity contribution in [1.82, 2.24) is 9.80 Å². The molecule has 0 radical (unpaired) electrons. The fourth-order valence-electron chi connectivity index (χ4n) is 4.42. The lowest BCUT2D eigenvalue weighted by Gasteiger charge is -2.35. The maximum Gasteiger partial charge on any atom is 0.254 e. The summed E-state index contributed by atoms with van der Waals surface area (Å²) < 4.78 is 23.6. The molecule has 0 aliphatic carbocycles. The zero-order chi connectivity index (χ0) is 23.0. The number of nitrogens with zero attached hydrogens (tertiary/aromatic N) is 3. The molecule has 10 heteroatoms. The number of amides is 1. The van der Waals surface area contributed by atoms with Crippen molar-refractivity contribution in [3.8, 4) is 0 Å². The van der Waals surface area contributed by atoms with Crippen LogP contribution in [0.3, 0.4) is 0 Å². The fraction of sp³-hybridized carbons (Fsp3) is 0.391. The molecule has 174 valence electrons. The second-order valence-electron chi connectivity index (χ2n) is 8.61. The van der Waals surface area contributed by atoms with Crippen LogP contribution < -0.4 is 5.32 Å². The maximum atomic E-state index is 13.1. The third-order valence-corrected chi connectivity index (χ3v) is 9.65. The van der Waals surface area contributed by atoms with Crippen molar-refractivity contribution in [2.24, 2.45) is 4.99 Å². The van der Waals surface area contributed by atoms with Gasteiger partial charge < -0.3 is 10.2 Å². The average molecular weight is 505 g/mol. The number of anilines is 1. The monoisotopic (exact) mass is 504 g/mol. The second-order valence-corrected chi connectivity index (χ2v) is 12.4. The molecule has 2 saturated heterocycles. The maximum absolute atomic E-state index is 13.1. The van der Waals surface area contributed by atoms with Gasteiger partial charge in [-0.15, -0.1) is 0 Å². The highest BCUT2D eigenvalue weighted by atomic mass is 35.5. The molecule has 2 aromatic carbocycles. The number of aliphatic imine (C=N–C) groups is 1. The molecule has 1 amide bonds. The molecule has 2 fully saturated rings. The summed E-state index contributed by atoms with van der Waals surface area (Å²) in [5, 5.41) is 4.30. The Hall–Kier alpha value is -2.07. The first-order valence-electron chi connectivity index (χ1n) is 10.9. The molecule has 5 rings (SSSR count). The number of halogens is 1. The molecule has 0 unspecified atom stereocenters. The SMILES string of the molecule is O=C(c1ccc(Cl)c(NC2=N[C@H]3CS(=O)(=O)C[C@H]3S2)c1)N1CCN(Cc2ccccc2)CC1. The van der Waals surface area contributed by atoms with Crippen LogP contribution >= 0.6 is 23.4 Å². The van der Waals surface area contributed by atoms with Crippen molar-refractivity contribution < 1.29 is 13.2 Å². The Morgan fingerprint density at radius 3 is 2.58 bits per heavy atom. The first-order valence-corrected chi connectivity index (χ1v) is 14.0. The number of piperazine rings is 1.